The minimum Gasteiger partial charge on any atom is -0.0922 e. The van der Waals surface area contributed by atoms with E-state index in [0.717, 1.165) is 5.33 Å². The van der Waals surface area contributed by atoms with Crippen LogP contribution in [0, 0.1) is 26.2 Å². The maximum Gasteiger partial charge on any atom is 0.00910 e. The average Bonchev–Trinajstić information content (AvgIpc) is 2.38. The van der Waals surface area contributed by atoms with E-state index in [1.54, 1.807) is 5.56 Å². The highest BCUT2D eigenvalue weighted by Gasteiger charge is 2.27. The van der Waals surface area contributed by atoms with Crippen molar-refractivity contribution in [3.63, 3.8) is 0 Å². The lowest BCUT2D eigenvalue weighted by Gasteiger charge is -2.32. The van der Waals surface area contributed by atoms with Gasteiger partial charge in [0.15, 0.2) is 0 Å². The number of alkyl halides is 1. The summed E-state index contributed by atoms with van der Waals surface area (Å²) >= 11 is 3.78. The maximum absolute atomic E-state index is 3.78. The Bertz CT molecular complexity index is 379. The molecule has 1 atom stereocenters. The standard InChI is InChI=1S/C18H29Br/c1-6-8-9-18(7-2,13-19)12-17-15(4)10-14(3)11-16(17)5/h10-11H,6-9,12-13H2,1-5H3. The van der Waals surface area contributed by atoms with E-state index in [0.29, 0.717) is 5.41 Å². The molecule has 0 spiro atoms. The minimum absolute atomic E-state index is 0.431. The van der Waals surface area contributed by atoms with Gasteiger partial charge in [-0.05, 0) is 62.1 Å². The molecule has 0 aliphatic rings. The first kappa shape index (κ1) is 16.8. The van der Waals surface area contributed by atoms with Crippen LogP contribution in [0.15, 0.2) is 12.1 Å². The highest BCUT2D eigenvalue weighted by atomic mass is 79.9. The zero-order valence-electron chi connectivity index (χ0n) is 13.3. The lowest BCUT2D eigenvalue weighted by atomic mass is 9.75. The van der Waals surface area contributed by atoms with Gasteiger partial charge in [0.1, 0.15) is 0 Å². The molecule has 0 aromatic heterocycles. The summed E-state index contributed by atoms with van der Waals surface area (Å²) in [6.45, 7) is 11.4. The second-order valence-electron chi connectivity index (χ2n) is 6.14. The molecule has 0 aliphatic heterocycles. The molecule has 0 bridgehead atoms. The van der Waals surface area contributed by atoms with Gasteiger partial charge in [0.2, 0.25) is 0 Å². The monoisotopic (exact) mass is 324 g/mol. The fourth-order valence-electron chi connectivity index (χ4n) is 3.01. The van der Waals surface area contributed by atoms with Crippen LogP contribution >= 0.6 is 15.9 Å². The van der Waals surface area contributed by atoms with Crippen LogP contribution in [0.2, 0.25) is 0 Å². The molecule has 0 saturated carbocycles. The Morgan fingerprint density at radius 3 is 2.05 bits per heavy atom. The zero-order valence-corrected chi connectivity index (χ0v) is 14.9. The van der Waals surface area contributed by atoms with Crippen molar-refractivity contribution in [1.29, 1.82) is 0 Å². The van der Waals surface area contributed by atoms with Crippen LogP contribution in [0.5, 0.6) is 0 Å². The van der Waals surface area contributed by atoms with Crippen LogP contribution in [0.1, 0.15) is 61.8 Å². The number of hydrogen-bond donors (Lipinski definition) is 0. The average molecular weight is 325 g/mol. The fraction of sp³-hybridized carbons (Fsp3) is 0.667. The molecule has 0 aliphatic carbocycles. The molecule has 0 nitrogen and oxygen atoms in total. The SMILES string of the molecule is CCCCC(CC)(CBr)Cc1c(C)cc(C)cc1C. The van der Waals surface area contributed by atoms with Crippen molar-refractivity contribution in [2.45, 2.75) is 66.7 Å². The van der Waals surface area contributed by atoms with Crippen molar-refractivity contribution >= 4 is 15.9 Å². The molecule has 0 fully saturated rings. The Balaban J connectivity index is 3.02. The van der Waals surface area contributed by atoms with E-state index in [-0.39, 0.29) is 0 Å². The molecule has 0 heterocycles. The van der Waals surface area contributed by atoms with Gasteiger partial charge in [-0.25, -0.2) is 0 Å². The van der Waals surface area contributed by atoms with Crippen molar-refractivity contribution < 1.29 is 0 Å². The molecule has 0 saturated heterocycles. The van der Waals surface area contributed by atoms with Crippen LogP contribution < -0.4 is 0 Å². The van der Waals surface area contributed by atoms with Gasteiger partial charge in [-0.15, -0.1) is 0 Å². The second-order valence-corrected chi connectivity index (χ2v) is 6.71. The summed E-state index contributed by atoms with van der Waals surface area (Å²) in [5.41, 5.74) is 6.32. The van der Waals surface area contributed by atoms with Crippen molar-refractivity contribution in [2.24, 2.45) is 5.41 Å². The summed E-state index contributed by atoms with van der Waals surface area (Å²) < 4.78 is 0. The normalized spacial score (nSPS) is 14.4. The highest BCUT2D eigenvalue weighted by Crippen LogP contribution is 2.36. The molecule has 108 valence electrons. The minimum atomic E-state index is 0.431. The van der Waals surface area contributed by atoms with Gasteiger partial charge >= 0.3 is 0 Å². The lowest BCUT2D eigenvalue weighted by Crippen LogP contribution is -2.26. The largest absolute Gasteiger partial charge is 0.0922 e. The van der Waals surface area contributed by atoms with E-state index in [9.17, 15) is 0 Å². The van der Waals surface area contributed by atoms with Crippen molar-refractivity contribution in [2.75, 3.05) is 5.33 Å². The number of benzene rings is 1. The molecule has 1 aromatic carbocycles. The summed E-state index contributed by atoms with van der Waals surface area (Å²) in [7, 11) is 0. The first-order chi connectivity index (χ1) is 8.98. The number of aryl methyl sites for hydroxylation is 3. The van der Waals surface area contributed by atoms with Gasteiger partial charge in [0, 0.05) is 5.33 Å². The molecular formula is C18H29Br. The predicted molar refractivity (Wildman–Crippen MR) is 90.4 cm³/mol. The van der Waals surface area contributed by atoms with Gasteiger partial charge in [-0.1, -0.05) is 60.3 Å². The van der Waals surface area contributed by atoms with Crippen LogP contribution in [0.3, 0.4) is 0 Å². The van der Waals surface area contributed by atoms with E-state index < -0.39 is 0 Å². The highest BCUT2D eigenvalue weighted by molar-refractivity contribution is 9.09. The topological polar surface area (TPSA) is 0 Å². The molecule has 1 aromatic rings. The van der Waals surface area contributed by atoms with Crippen molar-refractivity contribution in [3.05, 3.63) is 34.4 Å². The van der Waals surface area contributed by atoms with Crippen LogP contribution in [-0.4, -0.2) is 5.33 Å². The molecule has 0 amide bonds. The van der Waals surface area contributed by atoms with E-state index in [1.165, 1.54) is 48.8 Å². The number of halogens is 1. The van der Waals surface area contributed by atoms with Crippen molar-refractivity contribution in [3.8, 4) is 0 Å². The number of rotatable bonds is 7. The van der Waals surface area contributed by atoms with Gasteiger partial charge in [0.25, 0.3) is 0 Å². The quantitative estimate of drug-likeness (QED) is 0.529. The predicted octanol–water partition coefficient (Wildman–Crippen LogP) is 6.14. The van der Waals surface area contributed by atoms with Crippen molar-refractivity contribution in [1.82, 2.24) is 0 Å². The Kier molecular flexibility index (Phi) is 6.59. The van der Waals surface area contributed by atoms with Gasteiger partial charge in [-0.3, -0.25) is 0 Å². The number of hydrogen-bond acceptors (Lipinski definition) is 0. The van der Waals surface area contributed by atoms with Crippen LogP contribution in [-0.2, 0) is 6.42 Å². The molecular weight excluding hydrogens is 296 g/mol. The molecule has 1 rings (SSSR count). The summed E-state index contributed by atoms with van der Waals surface area (Å²) in [4.78, 5) is 0. The molecule has 0 radical (unpaired) electrons. The van der Waals surface area contributed by atoms with Crippen LogP contribution in [0.4, 0.5) is 0 Å². The van der Waals surface area contributed by atoms with Gasteiger partial charge in [-0.2, -0.15) is 0 Å². The zero-order chi connectivity index (χ0) is 14.5. The second kappa shape index (κ2) is 7.47. The van der Waals surface area contributed by atoms with Crippen LogP contribution in [0.25, 0.3) is 0 Å². The third-order valence-corrected chi connectivity index (χ3v) is 5.68. The molecule has 19 heavy (non-hydrogen) atoms. The molecule has 1 unspecified atom stereocenters. The first-order valence-electron chi connectivity index (χ1n) is 7.60. The smallest absolute Gasteiger partial charge is 0.00910 e. The van der Waals surface area contributed by atoms with E-state index >= 15 is 0 Å². The Morgan fingerprint density at radius 1 is 1.05 bits per heavy atom. The molecule has 1 heteroatoms. The van der Waals surface area contributed by atoms with E-state index in [1.807, 2.05) is 0 Å². The summed E-state index contributed by atoms with van der Waals surface area (Å²) in [5.74, 6) is 0. The lowest BCUT2D eigenvalue weighted by molar-refractivity contribution is 0.283. The third-order valence-electron chi connectivity index (χ3n) is 4.49. The third kappa shape index (κ3) is 4.34. The summed E-state index contributed by atoms with van der Waals surface area (Å²) in [6.07, 6.45) is 6.43. The molecule has 0 N–H and O–H groups in total. The van der Waals surface area contributed by atoms with Gasteiger partial charge < -0.3 is 0 Å². The van der Waals surface area contributed by atoms with E-state index in [4.69, 9.17) is 0 Å². The summed E-state index contributed by atoms with van der Waals surface area (Å²) in [5, 5.41) is 1.11. The maximum atomic E-state index is 3.78. The Labute approximate surface area is 128 Å². The fourth-order valence-corrected chi connectivity index (χ4v) is 3.89. The van der Waals surface area contributed by atoms with E-state index in [2.05, 4.69) is 62.7 Å². The number of unbranched alkanes of at least 4 members (excludes halogenated alkanes) is 1. The summed E-state index contributed by atoms with van der Waals surface area (Å²) in [6, 6.07) is 4.66. The Morgan fingerprint density at radius 2 is 1.63 bits per heavy atom. The first-order valence-corrected chi connectivity index (χ1v) is 8.73. The van der Waals surface area contributed by atoms with Gasteiger partial charge in [0.05, 0.1) is 0 Å². The Hall–Kier alpha value is -0.300.